The lowest BCUT2D eigenvalue weighted by Crippen LogP contribution is -1.98. The zero-order valence-corrected chi connectivity index (χ0v) is 12.5. The second-order valence-corrected chi connectivity index (χ2v) is 5.04. The first-order chi connectivity index (χ1) is 8.70. The van der Waals surface area contributed by atoms with Crippen LogP contribution in [0, 0.1) is 0 Å². The van der Waals surface area contributed by atoms with Gasteiger partial charge in [0.15, 0.2) is 0 Å². The van der Waals surface area contributed by atoms with Crippen LogP contribution in [0.5, 0.6) is 0 Å². The Morgan fingerprint density at radius 1 is 1.00 bits per heavy atom. The van der Waals surface area contributed by atoms with Gasteiger partial charge in [0, 0.05) is 6.42 Å². The first-order valence-electron chi connectivity index (χ1n) is 7.43. The van der Waals surface area contributed by atoms with Crippen LogP contribution in [0.2, 0.25) is 0 Å². The molecule has 106 valence electrons. The van der Waals surface area contributed by atoms with Crippen LogP contribution < -0.4 is 0 Å². The highest BCUT2D eigenvalue weighted by Crippen LogP contribution is 2.12. The number of methoxy groups -OCH3 is 1. The zero-order valence-electron chi connectivity index (χ0n) is 12.5. The second-order valence-electron chi connectivity index (χ2n) is 5.04. The monoisotopic (exact) mass is 254 g/mol. The summed E-state index contributed by atoms with van der Waals surface area (Å²) in [5, 5.41) is 0. The van der Waals surface area contributed by atoms with Crippen LogP contribution in [0.25, 0.3) is 0 Å². The predicted molar refractivity (Wildman–Crippen MR) is 77.6 cm³/mol. The Labute approximate surface area is 113 Å². The van der Waals surface area contributed by atoms with E-state index in [1.54, 1.807) is 0 Å². The minimum Gasteiger partial charge on any atom is -0.469 e. The van der Waals surface area contributed by atoms with Crippen LogP contribution in [0.3, 0.4) is 0 Å². The number of carbonyl (C=O) groups excluding carboxylic acids is 1. The highest BCUT2D eigenvalue weighted by molar-refractivity contribution is 5.69. The zero-order chi connectivity index (χ0) is 13.6. The predicted octanol–water partition coefficient (Wildman–Crippen LogP) is 5.03. The van der Waals surface area contributed by atoms with Gasteiger partial charge in [0.2, 0.25) is 0 Å². The van der Waals surface area contributed by atoms with Crippen molar-refractivity contribution in [1.82, 2.24) is 0 Å². The molecule has 0 aliphatic rings. The van der Waals surface area contributed by atoms with E-state index < -0.39 is 0 Å². The topological polar surface area (TPSA) is 26.3 Å². The summed E-state index contributed by atoms with van der Waals surface area (Å²) in [6.45, 7) is 4.41. The van der Waals surface area contributed by atoms with Crippen molar-refractivity contribution in [2.45, 2.75) is 78.1 Å². The summed E-state index contributed by atoms with van der Waals surface area (Å²) in [5.74, 6) is -0.116. The van der Waals surface area contributed by atoms with E-state index >= 15 is 0 Å². The largest absolute Gasteiger partial charge is 0.469 e. The van der Waals surface area contributed by atoms with Crippen molar-refractivity contribution >= 4 is 5.97 Å². The number of allylic oxidation sites excluding steroid dienone is 2. The van der Waals surface area contributed by atoms with Gasteiger partial charge < -0.3 is 4.74 Å². The summed E-state index contributed by atoms with van der Waals surface area (Å²) in [7, 11) is 1.44. The molecule has 0 saturated heterocycles. The molecule has 0 unspecified atom stereocenters. The lowest BCUT2D eigenvalue weighted by molar-refractivity contribution is -0.140. The van der Waals surface area contributed by atoms with Gasteiger partial charge in [-0.3, -0.25) is 4.79 Å². The van der Waals surface area contributed by atoms with Gasteiger partial charge in [0.1, 0.15) is 0 Å². The number of hydrogen-bond donors (Lipinski definition) is 0. The molecule has 0 rings (SSSR count). The molecular formula is C16H30O2. The van der Waals surface area contributed by atoms with Gasteiger partial charge in [0.05, 0.1) is 7.11 Å². The standard InChI is InChI=1S/C16H30O2/c1-4-5-6-7-8-9-10-12-15(2)13-11-14-16(17)18-3/h13H,4-12,14H2,1-3H3. The first kappa shape index (κ1) is 17.2. The molecule has 0 spiro atoms. The van der Waals surface area contributed by atoms with Crippen molar-refractivity contribution in [2.24, 2.45) is 0 Å². The quantitative estimate of drug-likeness (QED) is 0.294. The maximum atomic E-state index is 10.9. The number of ether oxygens (including phenoxy) is 1. The third kappa shape index (κ3) is 11.7. The van der Waals surface area contributed by atoms with Crippen molar-refractivity contribution < 1.29 is 9.53 Å². The lowest BCUT2D eigenvalue weighted by Gasteiger charge is -2.02. The molecule has 0 atom stereocenters. The van der Waals surface area contributed by atoms with Crippen LogP contribution in [0.4, 0.5) is 0 Å². The third-order valence-corrected chi connectivity index (χ3v) is 3.24. The SMILES string of the molecule is CCCCCCCCCC(C)=CCCC(=O)OC. The van der Waals surface area contributed by atoms with E-state index in [1.165, 1.54) is 64.0 Å². The van der Waals surface area contributed by atoms with Crippen LogP contribution in [-0.2, 0) is 9.53 Å². The van der Waals surface area contributed by atoms with Crippen LogP contribution in [0.1, 0.15) is 78.1 Å². The Morgan fingerprint density at radius 2 is 1.61 bits per heavy atom. The maximum absolute atomic E-state index is 10.9. The van der Waals surface area contributed by atoms with Gasteiger partial charge >= 0.3 is 5.97 Å². The van der Waals surface area contributed by atoms with Gasteiger partial charge in [-0.1, -0.05) is 57.1 Å². The van der Waals surface area contributed by atoms with Crippen molar-refractivity contribution in [3.05, 3.63) is 11.6 Å². The minimum atomic E-state index is -0.116. The van der Waals surface area contributed by atoms with E-state index in [0.29, 0.717) is 6.42 Å². The molecule has 0 radical (unpaired) electrons. The number of unbranched alkanes of at least 4 members (excludes halogenated alkanes) is 6. The van der Waals surface area contributed by atoms with Gasteiger partial charge in [-0.15, -0.1) is 0 Å². The van der Waals surface area contributed by atoms with Crippen LogP contribution >= 0.6 is 0 Å². The van der Waals surface area contributed by atoms with Gasteiger partial charge in [-0.25, -0.2) is 0 Å². The Bertz CT molecular complexity index is 231. The number of esters is 1. The molecule has 2 nitrogen and oxygen atoms in total. The highest BCUT2D eigenvalue weighted by atomic mass is 16.5. The number of hydrogen-bond acceptors (Lipinski definition) is 2. The Hall–Kier alpha value is -0.790. The van der Waals surface area contributed by atoms with E-state index in [-0.39, 0.29) is 5.97 Å². The molecule has 0 aromatic carbocycles. The van der Waals surface area contributed by atoms with Crippen molar-refractivity contribution in [3.63, 3.8) is 0 Å². The van der Waals surface area contributed by atoms with E-state index in [0.717, 1.165) is 6.42 Å². The molecule has 2 heteroatoms. The molecule has 0 N–H and O–H groups in total. The molecule has 0 bridgehead atoms. The fourth-order valence-corrected chi connectivity index (χ4v) is 2.00. The number of carbonyl (C=O) groups is 1. The van der Waals surface area contributed by atoms with Crippen molar-refractivity contribution in [3.8, 4) is 0 Å². The molecular weight excluding hydrogens is 224 g/mol. The summed E-state index contributed by atoms with van der Waals surface area (Å²) in [4.78, 5) is 10.9. The Balaban J connectivity index is 3.38. The van der Waals surface area contributed by atoms with Crippen LogP contribution in [0.15, 0.2) is 11.6 Å². The highest BCUT2D eigenvalue weighted by Gasteiger charge is 1.98. The molecule has 0 aromatic rings. The average molecular weight is 254 g/mol. The summed E-state index contributed by atoms with van der Waals surface area (Å²) in [5.41, 5.74) is 1.41. The molecule has 0 heterocycles. The number of rotatable bonds is 11. The summed E-state index contributed by atoms with van der Waals surface area (Å²) in [6.07, 6.45) is 14.1. The average Bonchev–Trinajstić information content (AvgIpc) is 2.37. The molecule has 18 heavy (non-hydrogen) atoms. The van der Waals surface area contributed by atoms with Gasteiger partial charge in [-0.2, -0.15) is 0 Å². The fraction of sp³-hybridized carbons (Fsp3) is 0.812. The molecule has 0 aliphatic heterocycles. The summed E-state index contributed by atoms with van der Waals surface area (Å²) in [6, 6.07) is 0. The van der Waals surface area contributed by atoms with Gasteiger partial charge in [-0.05, 0) is 26.2 Å². The van der Waals surface area contributed by atoms with Gasteiger partial charge in [0.25, 0.3) is 0 Å². The fourth-order valence-electron chi connectivity index (χ4n) is 2.00. The maximum Gasteiger partial charge on any atom is 0.305 e. The first-order valence-corrected chi connectivity index (χ1v) is 7.43. The van der Waals surface area contributed by atoms with E-state index in [2.05, 4.69) is 24.7 Å². The van der Waals surface area contributed by atoms with E-state index in [9.17, 15) is 4.79 Å². The van der Waals surface area contributed by atoms with E-state index in [1.807, 2.05) is 0 Å². The normalized spacial score (nSPS) is 11.6. The summed E-state index contributed by atoms with van der Waals surface area (Å²) < 4.78 is 4.61. The molecule has 0 amide bonds. The molecule has 0 fully saturated rings. The molecule has 0 aromatic heterocycles. The van der Waals surface area contributed by atoms with Crippen molar-refractivity contribution in [1.29, 1.82) is 0 Å². The van der Waals surface area contributed by atoms with E-state index in [4.69, 9.17) is 0 Å². The Morgan fingerprint density at radius 3 is 2.22 bits per heavy atom. The Kier molecular flexibility index (Phi) is 12.1. The summed E-state index contributed by atoms with van der Waals surface area (Å²) >= 11 is 0. The molecule has 0 aliphatic carbocycles. The van der Waals surface area contributed by atoms with Crippen LogP contribution in [-0.4, -0.2) is 13.1 Å². The molecule has 0 saturated carbocycles. The second kappa shape index (κ2) is 12.7. The smallest absolute Gasteiger partial charge is 0.305 e. The lowest BCUT2D eigenvalue weighted by atomic mass is 10.0. The minimum absolute atomic E-state index is 0.116. The van der Waals surface area contributed by atoms with Crippen molar-refractivity contribution in [2.75, 3.05) is 7.11 Å². The third-order valence-electron chi connectivity index (χ3n) is 3.24.